The number of rotatable bonds is 6. The number of hydrogen-bond acceptors (Lipinski definition) is 5. The van der Waals surface area contributed by atoms with Crippen molar-refractivity contribution in [2.45, 2.75) is 6.42 Å². The number of nitroso groups, excluding NO2 is 1. The van der Waals surface area contributed by atoms with Gasteiger partial charge in [0.05, 0.1) is 19.5 Å². The van der Waals surface area contributed by atoms with E-state index in [0.717, 1.165) is 0 Å². The number of ether oxygens (including phenoxy) is 1. The molecule has 0 unspecified atom stereocenters. The second-order valence-electron chi connectivity index (χ2n) is 2.16. The Hall–Kier alpha value is -1.66. The van der Waals surface area contributed by atoms with Crippen LogP contribution in [0.2, 0.25) is 0 Å². The van der Waals surface area contributed by atoms with E-state index in [9.17, 15) is 9.70 Å². The van der Waals surface area contributed by atoms with Crippen LogP contribution in [0.5, 0.6) is 0 Å². The first kappa shape index (κ1) is 11.3. The van der Waals surface area contributed by atoms with Crippen molar-refractivity contribution < 1.29 is 9.53 Å². The molecule has 0 saturated heterocycles. The minimum absolute atomic E-state index is 0.0103. The number of guanidine groups is 1. The molecular formula is C6H12N4O3. The van der Waals surface area contributed by atoms with Gasteiger partial charge in [0.25, 0.3) is 0 Å². The normalized spacial score (nSPS) is 8.92. The zero-order valence-corrected chi connectivity index (χ0v) is 7.08. The average molecular weight is 188 g/mol. The van der Waals surface area contributed by atoms with E-state index in [0.29, 0.717) is 0 Å². The third-order valence-electron chi connectivity index (χ3n) is 1.09. The lowest BCUT2D eigenvalue weighted by Gasteiger charge is -2.04. The summed E-state index contributed by atoms with van der Waals surface area (Å²) in [6.45, 7) is 0.339. The van der Waals surface area contributed by atoms with Gasteiger partial charge in [-0.15, -0.1) is 0 Å². The quantitative estimate of drug-likeness (QED) is 0.165. The monoisotopic (exact) mass is 188 g/mol. The molecule has 0 rings (SSSR count). The van der Waals surface area contributed by atoms with Crippen molar-refractivity contribution in [1.82, 2.24) is 5.32 Å². The van der Waals surface area contributed by atoms with Gasteiger partial charge in [0, 0.05) is 0 Å². The number of nitrogens with one attached hydrogen (secondary N) is 2. The maximum absolute atomic E-state index is 10.7. The summed E-state index contributed by atoms with van der Waals surface area (Å²) >= 11 is 0. The molecule has 0 spiro atoms. The molecule has 0 amide bonds. The molecule has 13 heavy (non-hydrogen) atoms. The highest BCUT2D eigenvalue weighted by molar-refractivity contribution is 5.74. The molecule has 0 aromatic heterocycles. The van der Waals surface area contributed by atoms with Gasteiger partial charge < -0.3 is 15.8 Å². The van der Waals surface area contributed by atoms with Crippen LogP contribution in [0.25, 0.3) is 0 Å². The number of carbonyl (C=O) groups is 1. The van der Waals surface area contributed by atoms with E-state index >= 15 is 0 Å². The molecule has 0 heterocycles. The van der Waals surface area contributed by atoms with Crippen LogP contribution in [0.15, 0.2) is 5.18 Å². The number of esters is 1. The Morgan fingerprint density at radius 3 is 2.85 bits per heavy atom. The summed E-state index contributed by atoms with van der Waals surface area (Å²) in [5.41, 5.74) is 4.96. The van der Waals surface area contributed by atoms with Gasteiger partial charge in [-0.25, -0.2) is 0 Å². The van der Waals surface area contributed by atoms with Gasteiger partial charge in [-0.3, -0.25) is 10.2 Å². The molecule has 0 aromatic carbocycles. The molecule has 0 fully saturated rings. The van der Waals surface area contributed by atoms with E-state index in [1.165, 1.54) is 0 Å². The van der Waals surface area contributed by atoms with Crippen molar-refractivity contribution in [3.8, 4) is 0 Å². The summed E-state index contributed by atoms with van der Waals surface area (Å²) in [5, 5.41) is 11.7. The van der Waals surface area contributed by atoms with Gasteiger partial charge in [0.1, 0.15) is 6.61 Å². The summed E-state index contributed by atoms with van der Waals surface area (Å²) in [4.78, 5) is 20.3. The first-order valence-corrected chi connectivity index (χ1v) is 3.69. The van der Waals surface area contributed by atoms with E-state index in [2.05, 4.69) is 15.2 Å². The van der Waals surface area contributed by atoms with Gasteiger partial charge in [-0.1, -0.05) is 5.18 Å². The molecule has 0 radical (unpaired) electrons. The van der Waals surface area contributed by atoms with Gasteiger partial charge in [0.2, 0.25) is 0 Å². The highest BCUT2D eigenvalue weighted by atomic mass is 16.5. The van der Waals surface area contributed by atoms with Crippen LogP contribution >= 0.6 is 0 Å². The third-order valence-corrected chi connectivity index (χ3v) is 1.09. The Bertz CT molecular complexity index is 194. The van der Waals surface area contributed by atoms with Crippen molar-refractivity contribution in [2.75, 3.05) is 19.7 Å². The van der Waals surface area contributed by atoms with Crippen molar-refractivity contribution in [3.63, 3.8) is 0 Å². The second kappa shape index (κ2) is 7.01. The number of nitrogens with zero attached hydrogens (tertiary/aromatic N) is 1. The molecule has 0 aliphatic heterocycles. The lowest BCUT2D eigenvalue weighted by atomic mass is 10.4. The molecule has 0 aliphatic carbocycles. The van der Waals surface area contributed by atoms with Crippen molar-refractivity contribution in [2.24, 2.45) is 10.9 Å². The fourth-order valence-corrected chi connectivity index (χ4v) is 0.560. The van der Waals surface area contributed by atoms with Crippen LogP contribution in [-0.4, -0.2) is 31.6 Å². The number of carbonyl (C=O) groups excluding carboxylic acids is 1. The average Bonchev–Trinajstić information content (AvgIpc) is 2.08. The predicted molar refractivity (Wildman–Crippen MR) is 46.2 cm³/mol. The second-order valence-corrected chi connectivity index (χ2v) is 2.16. The standard InChI is InChI=1S/C6H12N4O3/c7-6(8)9-3-4-13-5(11)1-2-10-12/h1-4H2,(H4,7,8,9). The summed E-state index contributed by atoms with van der Waals surface area (Å²) in [7, 11) is 0. The summed E-state index contributed by atoms with van der Waals surface area (Å²) in [6, 6.07) is 0. The minimum atomic E-state index is -0.482. The molecule has 0 aliphatic rings. The molecule has 4 N–H and O–H groups in total. The van der Waals surface area contributed by atoms with Crippen LogP contribution < -0.4 is 11.1 Å². The highest BCUT2D eigenvalue weighted by Gasteiger charge is 2.01. The lowest BCUT2D eigenvalue weighted by Crippen LogP contribution is -2.33. The van der Waals surface area contributed by atoms with Gasteiger partial charge in [0.15, 0.2) is 5.96 Å². The van der Waals surface area contributed by atoms with Gasteiger partial charge in [-0.05, 0) is 0 Å². The van der Waals surface area contributed by atoms with E-state index in [-0.39, 0.29) is 32.1 Å². The topological polar surface area (TPSA) is 118 Å². The highest BCUT2D eigenvalue weighted by Crippen LogP contribution is 1.86. The first-order chi connectivity index (χ1) is 6.16. The minimum Gasteiger partial charge on any atom is -0.464 e. The van der Waals surface area contributed by atoms with Crippen molar-refractivity contribution in [1.29, 1.82) is 5.41 Å². The summed E-state index contributed by atoms with van der Waals surface area (Å²) < 4.78 is 4.64. The first-order valence-electron chi connectivity index (χ1n) is 3.69. The van der Waals surface area contributed by atoms with Crippen molar-refractivity contribution in [3.05, 3.63) is 4.91 Å². The van der Waals surface area contributed by atoms with Crippen LogP contribution in [0.3, 0.4) is 0 Å². The molecular weight excluding hydrogens is 176 g/mol. The summed E-state index contributed by atoms with van der Waals surface area (Å²) in [5.74, 6) is -0.657. The molecule has 7 nitrogen and oxygen atoms in total. The zero-order valence-electron chi connectivity index (χ0n) is 7.08. The number of nitrogens with two attached hydrogens (primary N) is 1. The van der Waals surface area contributed by atoms with E-state index in [1.54, 1.807) is 0 Å². The van der Waals surface area contributed by atoms with Crippen LogP contribution in [-0.2, 0) is 9.53 Å². The molecule has 0 aromatic rings. The van der Waals surface area contributed by atoms with Crippen LogP contribution in [0, 0.1) is 10.3 Å². The van der Waals surface area contributed by atoms with Crippen molar-refractivity contribution >= 4 is 11.9 Å². The lowest BCUT2D eigenvalue weighted by molar-refractivity contribution is -0.143. The van der Waals surface area contributed by atoms with E-state index < -0.39 is 5.97 Å². The fraction of sp³-hybridized carbons (Fsp3) is 0.667. The molecule has 0 atom stereocenters. The molecule has 0 bridgehead atoms. The molecule has 7 heteroatoms. The van der Waals surface area contributed by atoms with Crippen LogP contribution in [0.4, 0.5) is 0 Å². The smallest absolute Gasteiger partial charge is 0.307 e. The summed E-state index contributed by atoms with van der Waals surface area (Å²) in [6.07, 6.45) is -0.0103. The fourth-order valence-electron chi connectivity index (χ4n) is 0.560. The molecule has 74 valence electrons. The maximum atomic E-state index is 10.7. The van der Waals surface area contributed by atoms with Gasteiger partial charge in [-0.2, -0.15) is 4.91 Å². The Morgan fingerprint density at radius 1 is 1.62 bits per heavy atom. The predicted octanol–water partition coefficient (Wildman–Crippen LogP) is -0.831. The van der Waals surface area contributed by atoms with E-state index in [4.69, 9.17) is 11.1 Å². The SMILES string of the molecule is N=C(N)NCCOC(=O)CCN=O. The zero-order chi connectivity index (χ0) is 10.1. The Kier molecular flexibility index (Phi) is 6.12. The third kappa shape index (κ3) is 8.24. The number of hydrogen-bond donors (Lipinski definition) is 3. The largest absolute Gasteiger partial charge is 0.464 e. The van der Waals surface area contributed by atoms with Gasteiger partial charge >= 0.3 is 5.97 Å². The van der Waals surface area contributed by atoms with Crippen LogP contribution in [0.1, 0.15) is 6.42 Å². The Labute approximate surface area is 75.1 Å². The Morgan fingerprint density at radius 2 is 2.31 bits per heavy atom. The van der Waals surface area contributed by atoms with E-state index in [1.807, 2.05) is 0 Å². The Balaban J connectivity index is 3.26. The maximum Gasteiger partial charge on any atom is 0.307 e. The molecule has 0 saturated carbocycles.